The minimum atomic E-state index is -1.52. The Morgan fingerprint density at radius 1 is 1.06 bits per heavy atom. The molecule has 0 spiro atoms. The van der Waals surface area contributed by atoms with Gasteiger partial charge in [0.25, 0.3) is 0 Å². The molecule has 0 fully saturated rings. The van der Waals surface area contributed by atoms with Gasteiger partial charge < -0.3 is 11.1 Å². The summed E-state index contributed by atoms with van der Waals surface area (Å²) in [6.07, 6.45) is 0. The Balaban J connectivity index is 2.41. The summed E-state index contributed by atoms with van der Waals surface area (Å²) < 4.78 is 38.8. The summed E-state index contributed by atoms with van der Waals surface area (Å²) in [5.74, 6) is -4.10. The predicted molar refractivity (Wildman–Crippen MR) is 65.5 cm³/mol. The van der Waals surface area contributed by atoms with Crippen molar-refractivity contribution in [2.24, 2.45) is 0 Å². The maximum absolute atomic E-state index is 13.0. The first-order chi connectivity index (χ1) is 8.49. The zero-order chi connectivity index (χ0) is 13.3. The Bertz CT molecular complexity index is 559. The highest BCUT2D eigenvalue weighted by Gasteiger charge is 2.12. The fourth-order valence-corrected chi connectivity index (χ4v) is 1.67. The largest absolute Gasteiger partial charge is 0.397 e. The minimum absolute atomic E-state index is 0.0196. The second-order valence-electron chi connectivity index (χ2n) is 3.58. The van der Waals surface area contributed by atoms with Crippen LogP contribution in [0.5, 0.6) is 0 Å². The van der Waals surface area contributed by atoms with Gasteiger partial charge >= 0.3 is 0 Å². The van der Waals surface area contributed by atoms with E-state index < -0.39 is 17.5 Å². The van der Waals surface area contributed by atoms with Crippen molar-refractivity contribution in [3.05, 3.63) is 52.8 Å². The number of hydrogen-bond acceptors (Lipinski definition) is 2. The molecule has 3 N–H and O–H groups in total. The van der Waals surface area contributed by atoms with Crippen LogP contribution in [0.1, 0.15) is 0 Å². The van der Waals surface area contributed by atoms with Gasteiger partial charge in [0, 0.05) is 17.8 Å². The highest BCUT2D eigenvalue weighted by atomic mass is 35.5. The van der Waals surface area contributed by atoms with Gasteiger partial charge in [0.05, 0.1) is 16.4 Å². The van der Waals surface area contributed by atoms with Crippen molar-refractivity contribution in [1.82, 2.24) is 0 Å². The summed E-state index contributed by atoms with van der Waals surface area (Å²) in [5.41, 5.74) is 6.31. The number of para-hydroxylation sites is 1. The van der Waals surface area contributed by atoms with Crippen molar-refractivity contribution in [2.75, 3.05) is 11.1 Å². The quantitative estimate of drug-likeness (QED) is 0.638. The van der Waals surface area contributed by atoms with Crippen molar-refractivity contribution in [3.8, 4) is 0 Å². The zero-order valence-electron chi connectivity index (χ0n) is 8.98. The summed E-state index contributed by atoms with van der Waals surface area (Å²) in [5, 5.41) is 2.94. The molecule has 0 atom stereocenters. The number of halogens is 4. The van der Waals surface area contributed by atoms with Crippen LogP contribution in [-0.4, -0.2) is 0 Å². The van der Waals surface area contributed by atoms with Gasteiger partial charge in [-0.15, -0.1) is 0 Å². The Hall–Kier alpha value is -1.88. The fraction of sp³-hybridized carbons (Fsp3) is 0. The molecule has 0 heterocycles. The number of anilines is 3. The predicted octanol–water partition coefficient (Wildman–Crippen LogP) is 4.08. The molecule has 0 aliphatic rings. The molecule has 18 heavy (non-hydrogen) atoms. The van der Waals surface area contributed by atoms with Crippen molar-refractivity contribution in [1.29, 1.82) is 0 Å². The first kappa shape index (κ1) is 12.6. The fourth-order valence-electron chi connectivity index (χ4n) is 1.44. The molecule has 0 aliphatic carbocycles. The normalized spacial score (nSPS) is 10.4. The average Bonchev–Trinajstić information content (AvgIpc) is 2.31. The molecule has 2 rings (SSSR count). The van der Waals surface area contributed by atoms with E-state index in [1.165, 1.54) is 0 Å². The van der Waals surface area contributed by atoms with Crippen LogP contribution in [0, 0.1) is 17.5 Å². The lowest BCUT2D eigenvalue weighted by atomic mass is 10.2. The number of rotatable bonds is 2. The lowest BCUT2D eigenvalue weighted by molar-refractivity contribution is 0.448. The maximum atomic E-state index is 13.0. The van der Waals surface area contributed by atoms with Gasteiger partial charge in [0.2, 0.25) is 0 Å². The topological polar surface area (TPSA) is 38.0 Å². The second kappa shape index (κ2) is 4.78. The van der Waals surface area contributed by atoms with E-state index >= 15 is 0 Å². The van der Waals surface area contributed by atoms with Crippen LogP contribution in [0.3, 0.4) is 0 Å². The molecule has 0 aromatic heterocycles. The summed E-state index contributed by atoms with van der Waals surface area (Å²) in [7, 11) is 0. The maximum Gasteiger partial charge on any atom is 0.194 e. The van der Waals surface area contributed by atoms with Gasteiger partial charge in [-0.3, -0.25) is 0 Å². The molecule has 0 radical (unpaired) electrons. The summed E-state index contributed by atoms with van der Waals surface area (Å²) in [4.78, 5) is 0. The third-order valence-corrected chi connectivity index (χ3v) is 2.61. The van der Waals surface area contributed by atoms with Gasteiger partial charge in [0.1, 0.15) is 0 Å². The molecule has 2 nitrogen and oxygen atoms in total. The smallest absolute Gasteiger partial charge is 0.194 e. The van der Waals surface area contributed by atoms with Crippen molar-refractivity contribution in [2.45, 2.75) is 0 Å². The number of benzene rings is 2. The van der Waals surface area contributed by atoms with Crippen LogP contribution in [0.25, 0.3) is 0 Å². The van der Waals surface area contributed by atoms with Crippen molar-refractivity contribution in [3.63, 3.8) is 0 Å². The third kappa shape index (κ3) is 2.36. The monoisotopic (exact) mass is 272 g/mol. The van der Waals surface area contributed by atoms with E-state index in [4.69, 9.17) is 17.3 Å². The summed E-state index contributed by atoms with van der Waals surface area (Å²) >= 11 is 5.89. The molecule has 0 saturated carbocycles. The van der Waals surface area contributed by atoms with Crippen molar-refractivity contribution < 1.29 is 13.2 Å². The minimum Gasteiger partial charge on any atom is -0.397 e. The molecule has 0 saturated heterocycles. The van der Waals surface area contributed by atoms with Gasteiger partial charge in [-0.25, -0.2) is 13.2 Å². The lowest BCUT2D eigenvalue weighted by Crippen LogP contribution is -1.99. The number of nitrogens with two attached hydrogens (primary N) is 1. The number of nitrogen functional groups attached to an aromatic ring is 1. The molecule has 0 unspecified atom stereocenters. The molecule has 2 aromatic carbocycles. The van der Waals surface area contributed by atoms with Crippen molar-refractivity contribution >= 4 is 28.7 Å². The van der Waals surface area contributed by atoms with E-state index in [0.29, 0.717) is 16.4 Å². The molecular formula is C12H8ClF3N2. The van der Waals surface area contributed by atoms with E-state index in [2.05, 4.69) is 5.32 Å². The average molecular weight is 273 g/mol. The van der Waals surface area contributed by atoms with E-state index in [9.17, 15) is 13.2 Å². The SMILES string of the molecule is Nc1cccc(Cl)c1Nc1cc(F)c(F)c(F)c1. The second-order valence-corrected chi connectivity index (χ2v) is 3.99. The Morgan fingerprint density at radius 3 is 2.22 bits per heavy atom. The van der Waals surface area contributed by atoms with Gasteiger partial charge in [-0.1, -0.05) is 17.7 Å². The summed E-state index contributed by atoms with van der Waals surface area (Å²) in [6.45, 7) is 0. The summed E-state index contributed by atoms with van der Waals surface area (Å²) in [6, 6.07) is 6.41. The van der Waals surface area contributed by atoms with E-state index in [-0.39, 0.29) is 5.69 Å². The highest BCUT2D eigenvalue weighted by Crippen LogP contribution is 2.31. The Morgan fingerprint density at radius 2 is 1.67 bits per heavy atom. The molecule has 2 aromatic rings. The Kier molecular flexibility index (Phi) is 3.34. The molecule has 0 amide bonds. The Labute approximate surface area is 106 Å². The zero-order valence-corrected chi connectivity index (χ0v) is 9.73. The van der Waals surface area contributed by atoms with Crippen LogP contribution in [0.15, 0.2) is 30.3 Å². The van der Waals surface area contributed by atoms with Gasteiger partial charge in [-0.2, -0.15) is 0 Å². The van der Waals surface area contributed by atoms with Gasteiger partial charge in [0.15, 0.2) is 17.5 Å². The number of hydrogen-bond donors (Lipinski definition) is 2. The molecule has 6 heteroatoms. The van der Waals surface area contributed by atoms with Crippen LogP contribution in [0.2, 0.25) is 5.02 Å². The first-order valence-electron chi connectivity index (χ1n) is 4.94. The molecule has 0 aliphatic heterocycles. The molecular weight excluding hydrogens is 265 g/mol. The highest BCUT2D eigenvalue weighted by molar-refractivity contribution is 6.34. The first-order valence-corrected chi connectivity index (χ1v) is 5.32. The molecule has 0 bridgehead atoms. The standard InChI is InChI=1S/C12H8ClF3N2/c13-7-2-1-3-10(17)12(7)18-6-4-8(14)11(16)9(15)5-6/h1-5,18H,17H2. The van der Waals surface area contributed by atoms with E-state index in [1.54, 1.807) is 18.2 Å². The molecule has 94 valence electrons. The van der Waals surface area contributed by atoms with E-state index in [0.717, 1.165) is 12.1 Å². The van der Waals surface area contributed by atoms with E-state index in [1.807, 2.05) is 0 Å². The third-order valence-electron chi connectivity index (χ3n) is 2.30. The number of nitrogens with one attached hydrogen (secondary N) is 1. The van der Waals surface area contributed by atoms with Crippen LogP contribution >= 0.6 is 11.6 Å². The van der Waals surface area contributed by atoms with Crippen LogP contribution < -0.4 is 11.1 Å². The van der Waals surface area contributed by atoms with Crippen LogP contribution in [-0.2, 0) is 0 Å². The lowest BCUT2D eigenvalue weighted by Gasteiger charge is -2.11. The van der Waals surface area contributed by atoms with Crippen LogP contribution in [0.4, 0.5) is 30.2 Å². The van der Waals surface area contributed by atoms with Gasteiger partial charge in [-0.05, 0) is 12.1 Å².